The third-order valence-corrected chi connectivity index (χ3v) is 5.04. The number of aromatic nitrogens is 2. The summed E-state index contributed by atoms with van der Waals surface area (Å²) in [6, 6.07) is 10.6. The number of amides is 1. The zero-order chi connectivity index (χ0) is 17.8. The molecule has 0 radical (unpaired) electrons. The molecule has 0 aliphatic carbocycles. The first kappa shape index (κ1) is 16.9. The number of nitrogens with one attached hydrogen (secondary N) is 2. The van der Waals surface area contributed by atoms with Crippen molar-refractivity contribution < 1.29 is 14.7 Å². The van der Waals surface area contributed by atoms with Crippen LogP contribution in [-0.2, 0) is 11.2 Å². The van der Waals surface area contributed by atoms with Gasteiger partial charge < -0.3 is 15.4 Å². The number of aromatic amines is 1. The summed E-state index contributed by atoms with van der Waals surface area (Å²) in [4.78, 5) is 32.1. The van der Waals surface area contributed by atoms with Gasteiger partial charge in [0.05, 0.1) is 11.2 Å². The van der Waals surface area contributed by atoms with Gasteiger partial charge in [0.15, 0.2) is 0 Å². The monoisotopic (exact) mass is 355 g/mol. The zero-order valence-electron chi connectivity index (χ0n) is 13.5. The molecule has 1 unspecified atom stereocenters. The van der Waals surface area contributed by atoms with Crippen molar-refractivity contribution in [1.29, 1.82) is 0 Å². The predicted molar refractivity (Wildman–Crippen MR) is 95.7 cm³/mol. The standard InChI is InChI=1S/C18H17N3O3S/c1-11-7-15(25-16(11)12-5-3-2-4-6-12)17(22)21-14(18(23)24)8-13-9-19-10-20-13/h2-7,9-10,14H,8H2,1H3,(H,19,20)(H,21,22)(H,23,24). The molecule has 0 spiro atoms. The van der Waals surface area contributed by atoms with Gasteiger partial charge in [0, 0.05) is 23.2 Å². The van der Waals surface area contributed by atoms with Crippen molar-refractivity contribution in [2.75, 3.05) is 0 Å². The quantitative estimate of drug-likeness (QED) is 0.633. The van der Waals surface area contributed by atoms with Crippen molar-refractivity contribution >= 4 is 23.2 Å². The molecule has 128 valence electrons. The molecule has 2 aromatic heterocycles. The lowest BCUT2D eigenvalue weighted by Gasteiger charge is -2.12. The summed E-state index contributed by atoms with van der Waals surface area (Å²) in [5, 5.41) is 11.9. The molecule has 25 heavy (non-hydrogen) atoms. The van der Waals surface area contributed by atoms with Crippen molar-refractivity contribution in [1.82, 2.24) is 15.3 Å². The van der Waals surface area contributed by atoms with E-state index in [2.05, 4.69) is 15.3 Å². The summed E-state index contributed by atoms with van der Waals surface area (Å²) in [7, 11) is 0. The maximum absolute atomic E-state index is 12.5. The molecule has 6 nitrogen and oxygen atoms in total. The first-order valence-corrected chi connectivity index (χ1v) is 8.53. The molecule has 3 N–H and O–H groups in total. The number of aryl methyl sites for hydroxylation is 1. The van der Waals surface area contributed by atoms with E-state index in [9.17, 15) is 14.7 Å². The molecule has 0 aliphatic heterocycles. The molecule has 1 amide bonds. The minimum atomic E-state index is -1.08. The van der Waals surface area contributed by atoms with Gasteiger partial charge in [0.1, 0.15) is 6.04 Å². The van der Waals surface area contributed by atoms with Crippen LogP contribution >= 0.6 is 11.3 Å². The summed E-state index contributed by atoms with van der Waals surface area (Å²) in [5.41, 5.74) is 2.68. The van der Waals surface area contributed by atoms with E-state index < -0.39 is 12.0 Å². The largest absolute Gasteiger partial charge is 0.480 e. The number of hydrogen-bond donors (Lipinski definition) is 3. The smallest absolute Gasteiger partial charge is 0.326 e. The third kappa shape index (κ3) is 3.95. The molecule has 0 bridgehead atoms. The van der Waals surface area contributed by atoms with Gasteiger partial charge in [-0.1, -0.05) is 30.3 Å². The van der Waals surface area contributed by atoms with Gasteiger partial charge in [-0.3, -0.25) is 4.79 Å². The third-order valence-electron chi connectivity index (χ3n) is 3.76. The average Bonchev–Trinajstić information content (AvgIpc) is 3.24. The van der Waals surface area contributed by atoms with E-state index in [-0.39, 0.29) is 12.3 Å². The number of aliphatic carboxylic acids is 1. The van der Waals surface area contributed by atoms with Crippen molar-refractivity contribution in [3.05, 3.63) is 65.1 Å². The number of rotatable bonds is 6. The Morgan fingerprint density at radius 2 is 2.08 bits per heavy atom. The summed E-state index contributed by atoms with van der Waals surface area (Å²) in [6.45, 7) is 1.94. The summed E-state index contributed by atoms with van der Waals surface area (Å²) in [6.07, 6.45) is 3.17. The normalized spacial score (nSPS) is 11.9. The van der Waals surface area contributed by atoms with Crippen molar-refractivity contribution in [3.63, 3.8) is 0 Å². The minimum absolute atomic E-state index is 0.150. The molecule has 1 aromatic carbocycles. The Morgan fingerprint density at radius 3 is 2.72 bits per heavy atom. The van der Waals surface area contributed by atoms with E-state index in [0.29, 0.717) is 10.6 Å². The maximum atomic E-state index is 12.5. The molecule has 0 aliphatic rings. The molecule has 0 saturated heterocycles. The number of H-pyrrole nitrogens is 1. The van der Waals surface area contributed by atoms with Crippen LogP contribution in [0.1, 0.15) is 20.9 Å². The molecule has 0 saturated carbocycles. The predicted octanol–water partition coefficient (Wildman–Crippen LogP) is 2.87. The molecule has 0 fully saturated rings. The van der Waals surface area contributed by atoms with Gasteiger partial charge in [0.25, 0.3) is 5.91 Å². The number of hydrogen-bond acceptors (Lipinski definition) is 4. The Labute approximate surface area is 148 Å². The van der Waals surface area contributed by atoms with Crippen LogP contribution < -0.4 is 5.32 Å². The van der Waals surface area contributed by atoms with Gasteiger partial charge in [-0.15, -0.1) is 11.3 Å². The Hall–Kier alpha value is -2.93. The van der Waals surface area contributed by atoms with E-state index in [0.717, 1.165) is 16.0 Å². The van der Waals surface area contributed by atoms with Crippen LogP contribution in [0.15, 0.2) is 48.9 Å². The van der Waals surface area contributed by atoms with Gasteiger partial charge in [-0.25, -0.2) is 9.78 Å². The van der Waals surface area contributed by atoms with Gasteiger partial charge >= 0.3 is 5.97 Å². The number of imidazole rings is 1. The SMILES string of the molecule is Cc1cc(C(=O)NC(Cc2cnc[nH]2)C(=O)O)sc1-c1ccccc1. The Balaban J connectivity index is 1.77. The van der Waals surface area contributed by atoms with Crippen LogP contribution in [-0.4, -0.2) is 33.0 Å². The highest BCUT2D eigenvalue weighted by atomic mass is 32.1. The first-order chi connectivity index (χ1) is 12.0. The van der Waals surface area contributed by atoms with E-state index in [1.807, 2.05) is 37.3 Å². The van der Waals surface area contributed by atoms with E-state index >= 15 is 0 Å². The number of benzene rings is 1. The fourth-order valence-electron chi connectivity index (χ4n) is 2.52. The molecule has 1 atom stereocenters. The van der Waals surface area contributed by atoms with Crippen LogP contribution in [0.5, 0.6) is 0 Å². The lowest BCUT2D eigenvalue weighted by Crippen LogP contribution is -2.42. The van der Waals surface area contributed by atoms with E-state index in [1.54, 1.807) is 12.3 Å². The molecule has 2 heterocycles. The van der Waals surface area contributed by atoms with Crippen LogP contribution in [0.2, 0.25) is 0 Å². The number of carbonyl (C=O) groups excluding carboxylic acids is 1. The van der Waals surface area contributed by atoms with E-state index in [1.165, 1.54) is 17.7 Å². The number of thiophene rings is 1. The molecule has 3 aromatic rings. The number of carboxylic acid groups (broad SMARTS) is 1. The second-order valence-corrected chi connectivity index (χ2v) is 6.69. The Kier molecular flexibility index (Phi) is 4.95. The highest BCUT2D eigenvalue weighted by Gasteiger charge is 2.23. The first-order valence-electron chi connectivity index (χ1n) is 7.71. The average molecular weight is 355 g/mol. The number of carboxylic acids is 1. The highest BCUT2D eigenvalue weighted by molar-refractivity contribution is 7.17. The van der Waals surface area contributed by atoms with Crippen molar-refractivity contribution in [2.24, 2.45) is 0 Å². The van der Waals surface area contributed by atoms with Crippen LogP contribution in [0.4, 0.5) is 0 Å². The van der Waals surface area contributed by atoms with E-state index in [4.69, 9.17) is 0 Å². The van der Waals surface area contributed by atoms with Gasteiger partial charge in [-0.05, 0) is 24.1 Å². The lowest BCUT2D eigenvalue weighted by molar-refractivity contribution is -0.139. The van der Waals surface area contributed by atoms with Gasteiger partial charge in [-0.2, -0.15) is 0 Å². The zero-order valence-corrected chi connectivity index (χ0v) is 14.3. The van der Waals surface area contributed by atoms with Crippen LogP contribution in [0, 0.1) is 6.92 Å². The second kappa shape index (κ2) is 7.31. The second-order valence-electron chi connectivity index (χ2n) is 5.63. The topological polar surface area (TPSA) is 95.1 Å². The van der Waals surface area contributed by atoms with Crippen molar-refractivity contribution in [3.8, 4) is 10.4 Å². The molecular weight excluding hydrogens is 338 g/mol. The lowest BCUT2D eigenvalue weighted by atomic mass is 10.1. The number of carbonyl (C=O) groups is 2. The Bertz CT molecular complexity index is 872. The minimum Gasteiger partial charge on any atom is -0.480 e. The Morgan fingerprint density at radius 1 is 1.32 bits per heavy atom. The fourth-order valence-corrected chi connectivity index (χ4v) is 3.60. The molecular formula is C18H17N3O3S. The molecule has 7 heteroatoms. The summed E-state index contributed by atoms with van der Waals surface area (Å²) < 4.78 is 0. The summed E-state index contributed by atoms with van der Waals surface area (Å²) >= 11 is 1.36. The van der Waals surface area contributed by atoms with Crippen LogP contribution in [0.3, 0.4) is 0 Å². The maximum Gasteiger partial charge on any atom is 0.326 e. The highest BCUT2D eigenvalue weighted by Crippen LogP contribution is 2.32. The fraction of sp³-hybridized carbons (Fsp3) is 0.167. The summed E-state index contributed by atoms with van der Waals surface area (Å²) in [5.74, 6) is -1.47. The van der Waals surface area contributed by atoms with Gasteiger partial charge in [0.2, 0.25) is 0 Å². The van der Waals surface area contributed by atoms with Crippen molar-refractivity contribution in [2.45, 2.75) is 19.4 Å². The molecule has 3 rings (SSSR count). The number of nitrogens with zero attached hydrogens (tertiary/aromatic N) is 1. The van der Waals surface area contributed by atoms with Crippen LogP contribution in [0.25, 0.3) is 10.4 Å².